The maximum absolute atomic E-state index is 6.22. The molecule has 19 heavy (non-hydrogen) atoms. The van der Waals surface area contributed by atoms with Gasteiger partial charge in [0.15, 0.2) is 5.82 Å². The number of rotatable bonds is 1. The first kappa shape index (κ1) is 13.9. The van der Waals surface area contributed by atoms with Crippen molar-refractivity contribution in [2.45, 2.75) is 47.0 Å². The summed E-state index contributed by atoms with van der Waals surface area (Å²) in [6.45, 7) is 11.8. The Morgan fingerprint density at radius 2 is 1.63 bits per heavy atom. The molecule has 2 rings (SSSR count). The summed E-state index contributed by atoms with van der Waals surface area (Å²) in [5.41, 5.74) is 0.637. The topological polar surface area (TPSA) is 56.5 Å². The van der Waals surface area contributed by atoms with Gasteiger partial charge < -0.3 is 0 Å². The van der Waals surface area contributed by atoms with Crippen LogP contribution >= 0.6 is 11.6 Å². The molecule has 2 aromatic heterocycles. The zero-order valence-corrected chi connectivity index (χ0v) is 12.9. The van der Waals surface area contributed by atoms with Crippen LogP contribution in [0.3, 0.4) is 0 Å². The number of hydrogen-bond acceptors (Lipinski definition) is 4. The van der Waals surface area contributed by atoms with E-state index >= 15 is 0 Å². The average molecular weight is 280 g/mol. The second-order valence-electron chi connectivity index (χ2n) is 5.65. The summed E-state index contributed by atoms with van der Waals surface area (Å²) in [7, 11) is 0. The smallest absolute Gasteiger partial charge is 0.163 e. The molecule has 2 aromatic rings. The van der Waals surface area contributed by atoms with E-state index in [0.29, 0.717) is 22.6 Å². The highest BCUT2D eigenvalue weighted by Gasteiger charge is 2.22. The van der Waals surface area contributed by atoms with Crippen LogP contribution in [0.1, 0.15) is 43.8 Å². The van der Waals surface area contributed by atoms with Crippen LogP contribution in [0.15, 0.2) is 0 Å². The standard InChI is InChI=1S/C13H18ClN5/c1-7-10(14)16-12(13(4,5)6)17-11(7)19-9(3)15-8(2)18-19/h1-6H3. The average Bonchev–Trinajstić information content (AvgIpc) is 2.60. The van der Waals surface area contributed by atoms with Gasteiger partial charge in [-0.3, -0.25) is 0 Å². The minimum atomic E-state index is -0.171. The quantitative estimate of drug-likeness (QED) is 0.753. The molecule has 0 saturated heterocycles. The number of halogens is 1. The fourth-order valence-electron chi connectivity index (χ4n) is 1.74. The first-order valence-corrected chi connectivity index (χ1v) is 6.53. The fourth-order valence-corrected chi connectivity index (χ4v) is 1.91. The number of aromatic nitrogens is 5. The maximum Gasteiger partial charge on any atom is 0.163 e. The first-order valence-electron chi connectivity index (χ1n) is 6.15. The van der Waals surface area contributed by atoms with Crippen molar-refractivity contribution < 1.29 is 0 Å². The van der Waals surface area contributed by atoms with Gasteiger partial charge in [0.1, 0.15) is 22.6 Å². The molecule has 0 atom stereocenters. The number of hydrogen-bond donors (Lipinski definition) is 0. The van der Waals surface area contributed by atoms with Crippen LogP contribution in [0.25, 0.3) is 5.82 Å². The second kappa shape index (κ2) is 4.56. The van der Waals surface area contributed by atoms with Gasteiger partial charge >= 0.3 is 0 Å². The summed E-state index contributed by atoms with van der Waals surface area (Å²) in [6, 6.07) is 0. The van der Waals surface area contributed by atoms with E-state index in [1.54, 1.807) is 4.68 Å². The third kappa shape index (κ3) is 2.61. The molecule has 0 N–H and O–H groups in total. The Balaban J connectivity index is 2.69. The highest BCUT2D eigenvalue weighted by atomic mass is 35.5. The Morgan fingerprint density at radius 1 is 1.00 bits per heavy atom. The Bertz CT molecular complexity index is 625. The predicted octanol–water partition coefficient (Wildman–Crippen LogP) is 2.93. The van der Waals surface area contributed by atoms with Crippen LogP contribution in [-0.4, -0.2) is 24.7 Å². The van der Waals surface area contributed by atoms with Crippen LogP contribution in [0.5, 0.6) is 0 Å². The Morgan fingerprint density at radius 3 is 2.11 bits per heavy atom. The summed E-state index contributed by atoms with van der Waals surface area (Å²) in [4.78, 5) is 13.3. The van der Waals surface area contributed by atoms with Gasteiger partial charge in [0, 0.05) is 11.0 Å². The molecule has 102 valence electrons. The van der Waals surface area contributed by atoms with Crippen molar-refractivity contribution in [3.63, 3.8) is 0 Å². The van der Waals surface area contributed by atoms with Crippen LogP contribution < -0.4 is 0 Å². The van der Waals surface area contributed by atoms with E-state index in [9.17, 15) is 0 Å². The predicted molar refractivity (Wildman–Crippen MR) is 74.9 cm³/mol. The summed E-state index contributed by atoms with van der Waals surface area (Å²) in [6.07, 6.45) is 0. The van der Waals surface area contributed by atoms with Crippen molar-refractivity contribution in [1.82, 2.24) is 24.7 Å². The van der Waals surface area contributed by atoms with Crippen molar-refractivity contribution in [3.8, 4) is 5.82 Å². The molecule has 0 bridgehead atoms. The summed E-state index contributed by atoms with van der Waals surface area (Å²) >= 11 is 6.22. The molecular formula is C13H18ClN5. The van der Waals surface area contributed by atoms with Gasteiger partial charge in [-0.25, -0.2) is 15.0 Å². The molecule has 0 aliphatic carbocycles. The Hall–Kier alpha value is -1.49. The number of aryl methyl sites for hydroxylation is 2. The molecule has 0 spiro atoms. The van der Waals surface area contributed by atoms with Gasteiger partial charge in [0.2, 0.25) is 0 Å². The second-order valence-corrected chi connectivity index (χ2v) is 6.01. The van der Waals surface area contributed by atoms with E-state index in [-0.39, 0.29) is 5.41 Å². The molecule has 0 aromatic carbocycles. The number of nitrogens with zero attached hydrogens (tertiary/aromatic N) is 5. The van der Waals surface area contributed by atoms with Crippen molar-refractivity contribution in [1.29, 1.82) is 0 Å². The highest BCUT2D eigenvalue weighted by Crippen LogP contribution is 2.25. The molecule has 0 unspecified atom stereocenters. The van der Waals surface area contributed by atoms with Crippen molar-refractivity contribution >= 4 is 11.6 Å². The van der Waals surface area contributed by atoms with Gasteiger partial charge in [-0.15, -0.1) is 5.10 Å². The fraction of sp³-hybridized carbons (Fsp3) is 0.538. The van der Waals surface area contributed by atoms with Crippen LogP contribution in [0.4, 0.5) is 0 Å². The van der Waals surface area contributed by atoms with Crippen LogP contribution in [0.2, 0.25) is 5.15 Å². The minimum absolute atomic E-state index is 0.171. The van der Waals surface area contributed by atoms with Gasteiger partial charge in [-0.1, -0.05) is 32.4 Å². The Kier molecular flexibility index (Phi) is 3.34. The van der Waals surface area contributed by atoms with E-state index in [1.807, 2.05) is 20.8 Å². The van der Waals surface area contributed by atoms with E-state index in [1.165, 1.54) is 0 Å². The first-order chi connectivity index (χ1) is 8.70. The van der Waals surface area contributed by atoms with Crippen molar-refractivity contribution in [2.24, 2.45) is 0 Å². The third-order valence-electron chi connectivity index (χ3n) is 2.81. The third-order valence-corrected chi connectivity index (χ3v) is 3.18. The molecule has 0 saturated carbocycles. The highest BCUT2D eigenvalue weighted by molar-refractivity contribution is 6.30. The normalized spacial score (nSPS) is 11.9. The van der Waals surface area contributed by atoms with Gasteiger partial charge in [0.05, 0.1) is 0 Å². The SMILES string of the molecule is Cc1nc(C)n(-c2nc(C(C)(C)C)nc(Cl)c2C)n1. The van der Waals surface area contributed by atoms with Crippen LogP contribution in [-0.2, 0) is 5.41 Å². The van der Waals surface area contributed by atoms with Crippen LogP contribution in [0, 0.1) is 20.8 Å². The molecule has 0 radical (unpaired) electrons. The molecule has 2 heterocycles. The lowest BCUT2D eigenvalue weighted by Gasteiger charge is -2.19. The van der Waals surface area contributed by atoms with Crippen molar-refractivity contribution in [3.05, 3.63) is 28.2 Å². The summed E-state index contributed by atoms with van der Waals surface area (Å²) in [5, 5.41) is 4.82. The van der Waals surface area contributed by atoms with Gasteiger partial charge in [-0.05, 0) is 20.8 Å². The molecule has 6 heteroatoms. The lowest BCUT2D eigenvalue weighted by Crippen LogP contribution is -2.19. The molecule has 0 aliphatic rings. The molecule has 0 aliphatic heterocycles. The zero-order valence-electron chi connectivity index (χ0n) is 12.1. The van der Waals surface area contributed by atoms with Gasteiger partial charge in [-0.2, -0.15) is 4.68 Å². The largest absolute Gasteiger partial charge is 0.220 e. The summed E-state index contributed by atoms with van der Waals surface area (Å²) in [5.74, 6) is 2.90. The van der Waals surface area contributed by atoms with E-state index < -0.39 is 0 Å². The van der Waals surface area contributed by atoms with Gasteiger partial charge in [0.25, 0.3) is 0 Å². The molecule has 0 amide bonds. The molecule has 0 fully saturated rings. The zero-order chi connectivity index (χ0) is 14.4. The molecule has 5 nitrogen and oxygen atoms in total. The lowest BCUT2D eigenvalue weighted by atomic mass is 9.95. The van der Waals surface area contributed by atoms with Crippen molar-refractivity contribution in [2.75, 3.05) is 0 Å². The summed E-state index contributed by atoms with van der Waals surface area (Å²) < 4.78 is 1.72. The van der Waals surface area contributed by atoms with E-state index in [2.05, 4.69) is 40.8 Å². The molecular weight excluding hydrogens is 262 g/mol. The van der Waals surface area contributed by atoms with E-state index in [4.69, 9.17) is 11.6 Å². The lowest BCUT2D eigenvalue weighted by molar-refractivity contribution is 0.540. The minimum Gasteiger partial charge on any atom is -0.220 e. The Labute approximate surface area is 118 Å². The maximum atomic E-state index is 6.22. The monoisotopic (exact) mass is 279 g/mol. The van der Waals surface area contributed by atoms with E-state index in [0.717, 1.165) is 11.4 Å².